The van der Waals surface area contributed by atoms with Crippen LogP contribution >= 0.6 is 0 Å². The number of sulfonamides is 1. The summed E-state index contributed by atoms with van der Waals surface area (Å²) < 4.78 is 27.4. The number of rotatable bonds is 10. The van der Waals surface area contributed by atoms with Gasteiger partial charge in [-0.2, -0.15) is 0 Å². The lowest BCUT2D eigenvalue weighted by molar-refractivity contribution is -0.120. The molecule has 1 aliphatic rings. The Balaban J connectivity index is 1.62. The Morgan fingerprint density at radius 1 is 1.03 bits per heavy atom. The van der Waals surface area contributed by atoms with Crippen molar-refractivity contribution in [1.29, 1.82) is 0 Å². The minimum atomic E-state index is -3.60. The van der Waals surface area contributed by atoms with Crippen LogP contribution in [0.4, 0.5) is 0 Å². The predicted octanol–water partition coefficient (Wildman–Crippen LogP) is 3.53. The highest BCUT2D eigenvalue weighted by atomic mass is 32.2. The maximum absolute atomic E-state index is 12.4. The molecule has 31 heavy (non-hydrogen) atoms. The van der Waals surface area contributed by atoms with Gasteiger partial charge in [0.1, 0.15) is 0 Å². The number of nitrogens with zero attached hydrogens (tertiary/aromatic N) is 1. The van der Waals surface area contributed by atoms with Gasteiger partial charge >= 0.3 is 0 Å². The maximum atomic E-state index is 12.4. The van der Waals surface area contributed by atoms with Crippen LogP contribution in [-0.4, -0.2) is 51.9 Å². The van der Waals surface area contributed by atoms with Crippen molar-refractivity contribution in [3.8, 4) is 0 Å². The zero-order valence-electron chi connectivity index (χ0n) is 19.9. The molecule has 2 atom stereocenters. The third-order valence-corrected chi connectivity index (χ3v) is 7.32. The van der Waals surface area contributed by atoms with E-state index in [0.29, 0.717) is 6.54 Å². The van der Waals surface area contributed by atoms with E-state index in [1.165, 1.54) is 19.5 Å². The molecule has 2 N–H and O–H groups in total. The Labute approximate surface area is 189 Å². The molecule has 0 spiro atoms. The minimum Gasteiger partial charge on any atom is -0.356 e. The average Bonchev–Trinajstić information content (AvgIpc) is 2.66. The quantitative estimate of drug-likeness (QED) is 0.534. The number of carbonyl (C=O) groups excluding carboxylic acids is 1. The van der Waals surface area contributed by atoms with Crippen molar-refractivity contribution in [2.75, 3.05) is 32.7 Å². The number of nitrogens with one attached hydrogen (secondary N) is 2. The Kier molecular flexibility index (Phi) is 9.52. The van der Waals surface area contributed by atoms with Gasteiger partial charge in [0.15, 0.2) is 0 Å². The van der Waals surface area contributed by atoms with Gasteiger partial charge in [0.2, 0.25) is 15.9 Å². The lowest BCUT2D eigenvalue weighted by Gasteiger charge is -2.34. The molecule has 7 heteroatoms. The van der Waals surface area contributed by atoms with Gasteiger partial charge in [0.25, 0.3) is 0 Å². The molecule has 2 rings (SSSR count). The third kappa shape index (κ3) is 8.91. The third-order valence-electron chi connectivity index (χ3n) is 5.84. The van der Waals surface area contributed by atoms with E-state index in [2.05, 4.69) is 49.6 Å². The second-order valence-corrected chi connectivity index (χ2v) is 12.0. The van der Waals surface area contributed by atoms with Gasteiger partial charge in [-0.1, -0.05) is 46.8 Å². The first-order chi connectivity index (χ1) is 14.5. The highest BCUT2D eigenvalue weighted by molar-refractivity contribution is 7.89. The molecule has 1 fully saturated rings. The number of hydrogen-bond acceptors (Lipinski definition) is 4. The number of likely N-dealkylation sites (tertiary alicyclic amines) is 1. The smallest absolute Gasteiger partial charge is 0.240 e. The van der Waals surface area contributed by atoms with Crippen molar-refractivity contribution in [1.82, 2.24) is 14.9 Å². The fourth-order valence-corrected chi connectivity index (χ4v) is 5.30. The lowest BCUT2D eigenvalue weighted by Crippen LogP contribution is -2.39. The Bertz CT molecular complexity index is 790. The van der Waals surface area contributed by atoms with Crippen LogP contribution < -0.4 is 10.0 Å². The summed E-state index contributed by atoms with van der Waals surface area (Å²) in [4.78, 5) is 14.8. The molecule has 1 amide bonds. The summed E-state index contributed by atoms with van der Waals surface area (Å²) >= 11 is 0. The first kappa shape index (κ1) is 25.8. The van der Waals surface area contributed by atoms with Crippen LogP contribution in [-0.2, 0) is 20.2 Å². The zero-order valence-corrected chi connectivity index (χ0v) is 20.7. The van der Waals surface area contributed by atoms with Crippen LogP contribution in [0.25, 0.3) is 0 Å². The van der Waals surface area contributed by atoms with Crippen molar-refractivity contribution in [3.05, 3.63) is 29.8 Å². The van der Waals surface area contributed by atoms with Gasteiger partial charge in [-0.25, -0.2) is 13.1 Å². The molecule has 0 aliphatic carbocycles. The molecule has 0 radical (unpaired) electrons. The first-order valence-corrected chi connectivity index (χ1v) is 13.0. The summed E-state index contributed by atoms with van der Waals surface area (Å²) in [7, 11) is -3.60. The van der Waals surface area contributed by atoms with E-state index in [0.717, 1.165) is 36.8 Å². The fraction of sp³-hybridized carbons (Fsp3) is 0.708. The monoisotopic (exact) mass is 451 g/mol. The van der Waals surface area contributed by atoms with Crippen LogP contribution in [0.5, 0.6) is 0 Å². The van der Waals surface area contributed by atoms with Gasteiger partial charge in [0, 0.05) is 32.6 Å². The summed E-state index contributed by atoms with van der Waals surface area (Å²) in [6.45, 7) is 15.1. The SMILES string of the molecule is CC1CC(C)CN(CCCCNC(=O)CCNS(=O)(=O)c2ccc(C(C)(C)C)cc2)C1. The first-order valence-electron chi connectivity index (χ1n) is 11.6. The van der Waals surface area contributed by atoms with Crippen molar-refractivity contribution in [2.24, 2.45) is 11.8 Å². The standard InChI is InChI=1S/C24H41N3O3S/c1-19-16-20(2)18-27(17-19)15-7-6-13-25-23(28)12-14-26-31(29,30)22-10-8-21(9-11-22)24(3,4)5/h8-11,19-20,26H,6-7,12-18H2,1-5H3,(H,25,28). The number of benzene rings is 1. The number of unbranched alkanes of at least 4 members (excludes halogenated alkanes) is 1. The number of carbonyl (C=O) groups is 1. The van der Waals surface area contributed by atoms with E-state index in [1.54, 1.807) is 12.1 Å². The van der Waals surface area contributed by atoms with Gasteiger partial charge < -0.3 is 10.2 Å². The van der Waals surface area contributed by atoms with Gasteiger partial charge in [-0.3, -0.25) is 4.79 Å². The number of amides is 1. The van der Waals surface area contributed by atoms with Crippen molar-refractivity contribution < 1.29 is 13.2 Å². The molecule has 176 valence electrons. The number of piperidine rings is 1. The molecule has 0 saturated carbocycles. The second kappa shape index (κ2) is 11.4. The van der Waals surface area contributed by atoms with E-state index >= 15 is 0 Å². The molecule has 6 nitrogen and oxygen atoms in total. The van der Waals surface area contributed by atoms with Crippen LogP contribution in [0.2, 0.25) is 0 Å². The van der Waals surface area contributed by atoms with Gasteiger partial charge in [-0.05, 0) is 60.8 Å². The molecular formula is C24H41N3O3S. The molecule has 1 heterocycles. The molecule has 0 aromatic heterocycles. The van der Waals surface area contributed by atoms with Crippen LogP contribution in [0.1, 0.15) is 65.9 Å². The lowest BCUT2D eigenvalue weighted by atomic mass is 9.87. The maximum Gasteiger partial charge on any atom is 0.240 e. The molecule has 1 saturated heterocycles. The Morgan fingerprint density at radius 2 is 1.65 bits per heavy atom. The van der Waals surface area contributed by atoms with Crippen molar-refractivity contribution in [2.45, 2.75) is 70.6 Å². The summed E-state index contributed by atoms with van der Waals surface area (Å²) in [5, 5.41) is 2.90. The van der Waals surface area contributed by atoms with E-state index in [-0.39, 0.29) is 29.2 Å². The molecule has 0 bridgehead atoms. The van der Waals surface area contributed by atoms with E-state index in [1.807, 2.05) is 12.1 Å². The molecule has 2 unspecified atom stereocenters. The van der Waals surface area contributed by atoms with Crippen LogP contribution in [0.15, 0.2) is 29.2 Å². The largest absolute Gasteiger partial charge is 0.356 e. The van der Waals surface area contributed by atoms with E-state index in [4.69, 9.17) is 0 Å². The van der Waals surface area contributed by atoms with Crippen LogP contribution in [0.3, 0.4) is 0 Å². The zero-order chi connectivity index (χ0) is 23.1. The summed E-state index contributed by atoms with van der Waals surface area (Å²) in [6, 6.07) is 6.92. The topological polar surface area (TPSA) is 78.5 Å². The molecular weight excluding hydrogens is 410 g/mol. The second-order valence-electron chi connectivity index (χ2n) is 10.2. The van der Waals surface area contributed by atoms with E-state index in [9.17, 15) is 13.2 Å². The van der Waals surface area contributed by atoms with Crippen molar-refractivity contribution in [3.63, 3.8) is 0 Å². The minimum absolute atomic E-state index is 0.0293. The predicted molar refractivity (Wildman–Crippen MR) is 127 cm³/mol. The molecule has 1 aromatic rings. The molecule has 1 aromatic carbocycles. The Hall–Kier alpha value is -1.44. The summed E-state index contributed by atoms with van der Waals surface area (Å²) in [5.74, 6) is 1.42. The average molecular weight is 452 g/mol. The summed E-state index contributed by atoms with van der Waals surface area (Å²) in [5.41, 5.74) is 1.05. The molecule has 1 aliphatic heterocycles. The van der Waals surface area contributed by atoms with E-state index < -0.39 is 10.0 Å². The highest BCUT2D eigenvalue weighted by Crippen LogP contribution is 2.23. The van der Waals surface area contributed by atoms with Crippen molar-refractivity contribution >= 4 is 15.9 Å². The summed E-state index contributed by atoms with van der Waals surface area (Å²) in [6.07, 6.45) is 3.47. The van der Waals surface area contributed by atoms with Gasteiger partial charge in [0.05, 0.1) is 4.90 Å². The Morgan fingerprint density at radius 3 is 2.23 bits per heavy atom. The van der Waals surface area contributed by atoms with Crippen LogP contribution in [0, 0.1) is 11.8 Å². The number of hydrogen-bond donors (Lipinski definition) is 2. The fourth-order valence-electron chi connectivity index (χ4n) is 4.27. The van der Waals surface area contributed by atoms with Gasteiger partial charge in [-0.15, -0.1) is 0 Å². The highest BCUT2D eigenvalue weighted by Gasteiger charge is 2.21. The normalized spacial score (nSPS) is 20.5.